The third kappa shape index (κ3) is 7.07. The number of ether oxygens (including phenoxy) is 3. The van der Waals surface area contributed by atoms with E-state index in [2.05, 4.69) is 0 Å². The standard InChI is InChI=1S/C25H33NO6/c1-7-31-22(23(28)30-6)21(27)19-13-11-18(12-14-19)20-10-8-9-17(15-20)16-26(5)24(29)32-25(2,3)4/h8-15,21-22,27H,7,16H2,1-6H3/t21-,22+/m1/s1. The quantitative estimate of drug-likeness (QED) is 0.611. The van der Waals surface area contributed by atoms with Crippen LogP contribution in [0.1, 0.15) is 44.9 Å². The van der Waals surface area contributed by atoms with Gasteiger partial charge in [-0.05, 0) is 56.0 Å². The van der Waals surface area contributed by atoms with Crippen LogP contribution in [0.3, 0.4) is 0 Å². The van der Waals surface area contributed by atoms with E-state index in [0.717, 1.165) is 16.7 Å². The van der Waals surface area contributed by atoms with Crippen LogP contribution in [0.2, 0.25) is 0 Å². The molecule has 1 N–H and O–H groups in total. The Labute approximate surface area is 189 Å². The molecule has 1 amide bonds. The van der Waals surface area contributed by atoms with Crippen molar-refractivity contribution in [3.63, 3.8) is 0 Å². The molecule has 0 unspecified atom stereocenters. The van der Waals surface area contributed by atoms with Gasteiger partial charge in [0.15, 0.2) is 6.10 Å². The molecule has 174 valence electrons. The third-order valence-electron chi connectivity index (χ3n) is 4.70. The molecule has 0 aromatic heterocycles. The summed E-state index contributed by atoms with van der Waals surface area (Å²) in [5, 5.41) is 10.6. The van der Waals surface area contributed by atoms with E-state index in [4.69, 9.17) is 14.2 Å². The average molecular weight is 444 g/mol. The zero-order valence-electron chi connectivity index (χ0n) is 19.6. The predicted octanol–water partition coefficient (Wildman–Crippen LogP) is 4.33. The number of methoxy groups -OCH3 is 1. The zero-order chi connectivity index (χ0) is 23.9. The van der Waals surface area contributed by atoms with Crippen molar-refractivity contribution in [1.82, 2.24) is 4.90 Å². The maximum atomic E-state index is 12.2. The Morgan fingerprint density at radius 3 is 2.28 bits per heavy atom. The van der Waals surface area contributed by atoms with Crippen molar-refractivity contribution in [2.75, 3.05) is 20.8 Å². The molecule has 0 aliphatic heterocycles. The number of benzene rings is 2. The maximum absolute atomic E-state index is 12.2. The molecule has 0 aliphatic rings. The molecule has 7 heteroatoms. The van der Waals surface area contributed by atoms with Gasteiger partial charge in [-0.3, -0.25) is 0 Å². The number of carbonyl (C=O) groups is 2. The molecular weight excluding hydrogens is 410 g/mol. The third-order valence-corrected chi connectivity index (χ3v) is 4.70. The van der Waals surface area contributed by atoms with Crippen molar-refractivity contribution >= 4 is 12.1 Å². The lowest BCUT2D eigenvalue weighted by molar-refractivity contribution is -0.162. The second-order valence-electron chi connectivity index (χ2n) is 8.50. The van der Waals surface area contributed by atoms with E-state index in [-0.39, 0.29) is 12.7 Å². The first kappa shape index (κ1) is 25.4. The Morgan fingerprint density at radius 1 is 1.06 bits per heavy atom. The van der Waals surface area contributed by atoms with Gasteiger partial charge in [0.05, 0.1) is 7.11 Å². The van der Waals surface area contributed by atoms with Crippen molar-refractivity contribution in [2.45, 2.75) is 52.0 Å². The first-order chi connectivity index (χ1) is 15.1. The summed E-state index contributed by atoms with van der Waals surface area (Å²) in [6.45, 7) is 7.94. The van der Waals surface area contributed by atoms with E-state index in [1.807, 2.05) is 57.2 Å². The van der Waals surface area contributed by atoms with Crippen LogP contribution in [0.5, 0.6) is 0 Å². The fourth-order valence-corrected chi connectivity index (χ4v) is 3.16. The Kier molecular flexibility index (Phi) is 8.80. The van der Waals surface area contributed by atoms with Gasteiger partial charge in [0.25, 0.3) is 0 Å². The molecule has 0 saturated heterocycles. The van der Waals surface area contributed by atoms with E-state index >= 15 is 0 Å². The van der Waals surface area contributed by atoms with Gasteiger partial charge >= 0.3 is 12.1 Å². The number of nitrogens with zero attached hydrogens (tertiary/aromatic N) is 1. The SMILES string of the molecule is CCO[C@H](C(=O)OC)[C@H](O)c1ccc(-c2cccc(CN(C)C(=O)OC(C)(C)C)c2)cc1. The van der Waals surface area contributed by atoms with Crippen molar-refractivity contribution in [3.05, 3.63) is 59.7 Å². The number of rotatable bonds is 8. The summed E-state index contributed by atoms with van der Waals surface area (Å²) in [4.78, 5) is 25.7. The maximum Gasteiger partial charge on any atom is 0.410 e. The van der Waals surface area contributed by atoms with Crippen LogP contribution in [0.4, 0.5) is 4.79 Å². The average Bonchev–Trinajstić information content (AvgIpc) is 2.75. The molecule has 0 spiro atoms. The van der Waals surface area contributed by atoms with Gasteiger partial charge in [-0.15, -0.1) is 0 Å². The van der Waals surface area contributed by atoms with Gasteiger partial charge in [-0.2, -0.15) is 0 Å². The van der Waals surface area contributed by atoms with Crippen LogP contribution in [-0.4, -0.2) is 54.5 Å². The number of aliphatic hydroxyl groups excluding tert-OH is 1. The van der Waals surface area contributed by atoms with Gasteiger partial charge in [0, 0.05) is 20.2 Å². The monoisotopic (exact) mass is 443 g/mol. The van der Waals surface area contributed by atoms with Gasteiger partial charge < -0.3 is 24.2 Å². The number of hydrogen-bond donors (Lipinski definition) is 1. The van der Waals surface area contributed by atoms with Crippen LogP contribution in [0.15, 0.2) is 48.5 Å². The predicted molar refractivity (Wildman–Crippen MR) is 122 cm³/mol. The Balaban J connectivity index is 2.15. The highest BCUT2D eigenvalue weighted by Gasteiger charge is 2.29. The van der Waals surface area contributed by atoms with Gasteiger partial charge in [-0.25, -0.2) is 9.59 Å². The summed E-state index contributed by atoms with van der Waals surface area (Å²) in [6, 6.07) is 15.1. The number of aliphatic hydroxyl groups is 1. The van der Waals surface area contributed by atoms with Crippen LogP contribution >= 0.6 is 0 Å². The summed E-state index contributed by atoms with van der Waals surface area (Å²) in [5.74, 6) is -0.620. The summed E-state index contributed by atoms with van der Waals surface area (Å²) >= 11 is 0. The first-order valence-corrected chi connectivity index (χ1v) is 10.6. The minimum Gasteiger partial charge on any atom is -0.467 e. The Bertz CT molecular complexity index is 903. The van der Waals surface area contributed by atoms with E-state index in [1.54, 1.807) is 26.1 Å². The lowest BCUT2D eigenvalue weighted by Crippen LogP contribution is -2.33. The van der Waals surface area contributed by atoms with E-state index < -0.39 is 23.8 Å². The van der Waals surface area contributed by atoms with Gasteiger partial charge in [-0.1, -0.05) is 42.5 Å². The number of carbonyl (C=O) groups excluding carboxylic acids is 2. The zero-order valence-corrected chi connectivity index (χ0v) is 19.6. The topological polar surface area (TPSA) is 85.3 Å². The smallest absolute Gasteiger partial charge is 0.410 e. The summed E-state index contributed by atoms with van der Waals surface area (Å²) in [6.07, 6.45) is -2.59. The fourth-order valence-electron chi connectivity index (χ4n) is 3.16. The molecule has 0 bridgehead atoms. The van der Waals surface area contributed by atoms with E-state index in [9.17, 15) is 14.7 Å². The van der Waals surface area contributed by atoms with Crippen molar-refractivity contribution in [1.29, 1.82) is 0 Å². The second kappa shape index (κ2) is 11.1. The molecule has 32 heavy (non-hydrogen) atoms. The molecule has 0 fully saturated rings. The molecule has 2 atom stereocenters. The fraction of sp³-hybridized carbons (Fsp3) is 0.440. The molecule has 0 saturated carbocycles. The summed E-state index contributed by atoms with van der Waals surface area (Å²) in [5.41, 5.74) is 2.87. The van der Waals surface area contributed by atoms with E-state index in [0.29, 0.717) is 12.1 Å². The Morgan fingerprint density at radius 2 is 1.72 bits per heavy atom. The first-order valence-electron chi connectivity index (χ1n) is 10.6. The molecule has 7 nitrogen and oxygen atoms in total. The van der Waals surface area contributed by atoms with Crippen LogP contribution in [0, 0.1) is 0 Å². The molecular formula is C25H33NO6. The Hall–Kier alpha value is -2.90. The summed E-state index contributed by atoms with van der Waals surface area (Å²) < 4.78 is 15.5. The summed E-state index contributed by atoms with van der Waals surface area (Å²) in [7, 11) is 2.96. The molecule has 2 aromatic rings. The molecule has 0 heterocycles. The van der Waals surface area contributed by atoms with E-state index in [1.165, 1.54) is 12.0 Å². The van der Waals surface area contributed by atoms with Gasteiger partial charge in [0.2, 0.25) is 0 Å². The van der Waals surface area contributed by atoms with Crippen LogP contribution in [-0.2, 0) is 25.5 Å². The minimum absolute atomic E-state index is 0.277. The highest BCUT2D eigenvalue weighted by molar-refractivity contribution is 5.75. The second-order valence-corrected chi connectivity index (χ2v) is 8.50. The normalized spacial score (nSPS) is 13.2. The molecule has 0 radical (unpaired) electrons. The minimum atomic E-state index is -1.13. The van der Waals surface area contributed by atoms with Crippen molar-refractivity contribution < 1.29 is 28.9 Å². The molecule has 2 rings (SSSR count). The number of amides is 1. The highest BCUT2D eigenvalue weighted by atomic mass is 16.6. The van der Waals surface area contributed by atoms with Crippen LogP contribution in [0.25, 0.3) is 11.1 Å². The largest absolute Gasteiger partial charge is 0.467 e. The molecule has 2 aromatic carbocycles. The number of esters is 1. The number of hydrogen-bond acceptors (Lipinski definition) is 6. The lowest BCUT2D eigenvalue weighted by Gasteiger charge is -2.24. The lowest BCUT2D eigenvalue weighted by atomic mass is 9.98. The van der Waals surface area contributed by atoms with Crippen molar-refractivity contribution in [3.8, 4) is 11.1 Å². The highest BCUT2D eigenvalue weighted by Crippen LogP contribution is 2.26. The van der Waals surface area contributed by atoms with Gasteiger partial charge in [0.1, 0.15) is 11.7 Å². The molecule has 0 aliphatic carbocycles. The van der Waals surface area contributed by atoms with Crippen molar-refractivity contribution in [2.24, 2.45) is 0 Å². The van der Waals surface area contributed by atoms with Crippen LogP contribution < -0.4 is 0 Å².